The molecule has 1 aromatic carbocycles. The summed E-state index contributed by atoms with van der Waals surface area (Å²) in [5.41, 5.74) is 1.76. The molecule has 12 heteroatoms. The summed E-state index contributed by atoms with van der Waals surface area (Å²) < 4.78 is 61.8. The van der Waals surface area contributed by atoms with Gasteiger partial charge in [0, 0.05) is 35.8 Å². The zero-order valence-corrected chi connectivity index (χ0v) is 20.7. The Bertz CT molecular complexity index is 1430. The summed E-state index contributed by atoms with van der Waals surface area (Å²) in [4.78, 5) is 14.0. The number of H-pyrrole nitrogens is 1. The van der Waals surface area contributed by atoms with Gasteiger partial charge in [0.15, 0.2) is 9.99 Å². The Morgan fingerprint density at radius 2 is 1.94 bits per heavy atom. The third-order valence-corrected chi connectivity index (χ3v) is 8.68. The van der Waals surface area contributed by atoms with Crippen LogP contribution in [0.5, 0.6) is 0 Å². The van der Waals surface area contributed by atoms with Crippen molar-refractivity contribution in [3.05, 3.63) is 52.9 Å². The lowest BCUT2D eigenvalue weighted by molar-refractivity contribution is -0.137. The largest absolute Gasteiger partial charge is 0.416 e. The number of aromatic amines is 1. The molecule has 1 aliphatic heterocycles. The van der Waals surface area contributed by atoms with E-state index in [9.17, 15) is 13.2 Å². The number of hydrogen-bond donors (Lipinski definition) is 1. The Hall–Kier alpha value is -2.57. The van der Waals surface area contributed by atoms with Crippen molar-refractivity contribution in [2.24, 2.45) is 0 Å². The molecular weight excluding hydrogens is 514 g/mol. The van der Waals surface area contributed by atoms with Gasteiger partial charge in [-0.05, 0) is 50.1 Å². The molecule has 2 fully saturated rings. The number of rotatable bonds is 5. The van der Waals surface area contributed by atoms with E-state index in [-0.39, 0.29) is 23.3 Å². The van der Waals surface area contributed by atoms with Gasteiger partial charge in [0.1, 0.15) is 16.3 Å². The molecular formula is C24H21F4N5OS2. The summed E-state index contributed by atoms with van der Waals surface area (Å²) in [6.45, 7) is 0.503. The fourth-order valence-corrected chi connectivity index (χ4v) is 6.16. The number of halogens is 4. The van der Waals surface area contributed by atoms with Crippen LogP contribution in [0.15, 0.2) is 28.7 Å². The lowest BCUT2D eigenvalue weighted by atomic mass is 9.90. The minimum Gasteiger partial charge on any atom is -0.373 e. The summed E-state index contributed by atoms with van der Waals surface area (Å²) in [7, 11) is 0. The molecule has 1 aliphatic carbocycles. The molecule has 6 nitrogen and oxygen atoms in total. The van der Waals surface area contributed by atoms with Crippen LogP contribution in [0, 0.1) is 5.82 Å². The van der Waals surface area contributed by atoms with Gasteiger partial charge < -0.3 is 4.74 Å². The first-order valence-electron chi connectivity index (χ1n) is 11.6. The Morgan fingerprint density at radius 3 is 2.67 bits per heavy atom. The van der Waals surface area contributed by atoms with E-state index >= 15 is 4.39 Å². The highest BCUT2D eigenvalue weighted by Gasteiger charge is 2.35. The maximum atomic E-state index is 15.0. The molecule has 0 bridgehead atoms. The second-order valence-corrected chi connectivity index (χ2v) is 11.1. The van der Waals surface area contributed by atoms with Gasteiger partial charge in [0.25, 0.3) is 0 Å². The van der Waals surface area contributed by atoms with E-state index in [1.54, 1.807) is 0 Å². The average molecular weight is 536 g/mol. The zero-order valence-electron chi connectivity index (χ0n) is 19.1. The second-order valence-electron chi connectivity index (χ2n) is 9.04. The molecule has 188 valence electrons. The number of benzene rings is 1. The lowest BCUT2D eigenvalue weighted by Gasteiger charge is -2.29. The van der Waals surface area contributed by atoms with E-state index in [0.717, 1.165) is 40.6 Å². The summed E-state index contributed by atoms with van der Waals surface area (Å²) >= 11 is 2.73. The van der Waals surface area contributed by atoms with Crippen LogP contribution in [0.3, 0.4) is 0 Å². The van der Waals surface area contributed by atoms with Gasteiger partial charge in [0.05, 0.1) is 23.1 Å². The number of fused-ring (bicyclic) bond motifs is 1. The van der Waals surface area contributed by atoms with Crippen LogP contribution in [0.25, 0.3) is 21.6 Å². The molecule has 1 unspecified atom stereocenters. The zero-order chi connectivity index (χ0) is 25.0. The quantitative estimate of drug-likeness (QED) is 0.222. The van der Waals surface area contributed by atoms with E-state index in [0.29, 0.717) is 47.6 Å². The molecule has 4 aromatic rings. The van der Waals surface area contributed by atoms with E-state index in [1.165, 1.54) is 23.1 Å². The lowest BCUT2D eigenvalue weighted by Crippen LogP contribution is -2.21. The van der Waals surface area contributed by atoms with E-state index in [4.69, 9.17) is 14.7 Å². The smallest absolute Gasteiger partial charge is 0.373 e. The Kier molecular flexibility index (Phi) is 6.00. The molecule has 2 atom stereocenters. The maximum Gasteiger partial charge on any atom is 0.416 e. The molecule has 0 radical (unpaired) electrons. The van der Waals surface area contributed by atoms with Gasteiger partial charge in [-0.2, -0.15) is 18.3 Å². The first-order valence-corrected chi connectivity index (χ1v) is 13.6. The van der Waals surface area contributed by atoms with E-state index in [1.807, 2.05) is 12.5 Å². The number of ether oxygens (including phenoxy) is 1. The molecule has 2 aliphatic rings. The molecule has 6 rings (SSSR count). The van der Waals surface area contributed by atoms with Crippen molar-refractivity contribution in [1.82, 2.24) is 25.1 Å². The first kappa shape index (κ1) is 23.8. The molecule has 1 saturated heterocycles. The fraction of sp³-hybridized carbons (Fsp3) is 0.417. The first-order chi connectivity index (χ1) is 17.3. The molecule has 1 N–H and O–H groups in total. The van der Waals surface area contributed by atoms with Crippen LogP contribution in [0.1, 0.15) is 66.3 Å². The SMILES string of the molecule is CSc1nc2nc(C3CCO[C@@H](c4c[nH]nc4C4CC4)C3)nc(-c3ccc(C(F)(F)F)cc3F)c2s1. The van der Waals surface area contributed by atoms with Crippen LogP contribution in [-0.4, -0.2) is 38.0 Å². The summed E-state index contributed by atoms with van der Waals surface area (Å²) in [5.74, 6) is -0.0884. The third-order valence-electron chi connectivity index (χ3n) is 6.64. The highest BCUT2D eigenvalue weighted by molar-refractivity contribution is 8.00. The molecule has 1 saturated carbocycles. The van der Waals surface area contributed by atoms with Crippen molar-refractivity contribution in [2.75, 3.05) is 12.9 Å². The predicted octanol–water partition coefficient (Wildman–Crippen LogP) is 6.87. The van der Waals surface area contributed by atoms with Crippen LogP contribution >= 0.6 is 23.1 Å². The predicted molar refractivity (Wildman–Crippen MR) is 129 cm³/mol. The summed E-state index contributed by atoms with van der Waals surface area (Å²) in [6, 6.07) is 2.54. The number of alkyl halides is 3. The minimum atomic E-state index is -4.63. The number of thiazole rings is 1. The highest BCUT2D eigenvalue weighted by Crippen LogP contribution is 2.46. The van der Waals surface area contributed by atoms with Gasteiger partial charge >= 0.3 is 6.18 Å². The van der Waals surface area contributed by atoms with Crippen molar-refractivity contribution in [3.63, 3.8) is 0 Å². The summed E-state index contributed by atoms with van der Waals surface area (Å²) in [5, 5.41) is 7.39. The normalized spacial score (nSPS) is 20.8. The molecule has 4 heterocycles. The Morgan fingerprint density at radius 1 is 1.11 bits per heavy atom. The standard InChI is InChI=1S/C24H21F4N5OS2/c1-35-23-32-22-20(36-23)19(14-5-4-13(9-16(14)25)24(26,27)28)30-21(31-22)12-6-7-34-17(8-12)15-10-29-33-18(15)11-2-3-11/h4-5,9-12,17H,2-3,6-8H2,1H3,(H,29,33)/t12?,17-/m1/s1. The maximum absolute atomic E-state index is 15.0. The number of aromatic nitrogens is 5. The van der Waals surface area contributed by atoms with Crippen molar-refractivity contribution in [1.29, 1.82) is 0 Å². The average Bonchev–Trinajstić information content (AvgIpc) is 3.43. The molecule has 3 aromatic heterocycles. The molecule has 0 amide bonds. The number of nitrogens with zero attached hydrogens (tertiary/aromatic N) is 4. The third kappa shape index (κ3) is 4.39. The van der Waals surface area contributed by atoms with Gasteiger partial charge in [-0.25, -0.2) is 19.3 Å². The number of nitrogens with one attached hydrogen (secondary N) is 1. The van der Waals surface area contributed by atoms with Gasteiger partial charge in [-0.1, -0.05) is 11.8 Å². The van der Waals surface area contributed by atoms with Crippen LogP contribution in [0.4, 0.5) is 17.6 Å². The topological polar surface area (TPSA) is 76.6 Å². The van der Waals surface area contributed by atoms with Crippen molar-refractivity contribution < 1.29 is 22.3 Å². The number of thioether (sulfide) groups is 1. The Labute approximate surface area is 211 Å². The molecule has 0 spiro atoms. The monoisotopic (exact) mass is 535 g/mol. The molecule has 36 heavy (non-hydrogen) atoms. The van der Waals surface area contributed by atoms with E-state index in [2.05, 4.69) is 15.2 Å². The van der Waals surface area contributed by atoms with Gasteiger partial charge in [-0.3, -0.25) is 5.10 Å². The van der Waals surface area contributed by atoms with Gasteiger partial charge in [0.2, 0.25) is 0 Å². The van der Waals surface area contributed by atoms with Crippen LogP contribution < -0.4 is 0 Å². The van der Waals surface area contributed by atoms with Crippen molar-refractivity contribution in [3.8, 4) is 11.3 Å². The van der Waals surface area contributed by atoms with Crippen molar-refractivity contribution >= 4 is 33.4 Å². The fourth-order valence-electron chi connectivity index (χ4n) is 4.66. The van der Waals surface area contributed by atoms with Crippen molar-refractivity contribution in [2.45, 2.75) is 54.1 Å². The summed E-state index contributed by atoms with van der Waals surface area (Å²) in [6.07, 6.45) is 2.50. The van der Waals surface area contributed by atoms with Crippen LogP contribution in [-0.2, 0) is 10.9 Å². The highest BCUT2D eigenvalue weighted by atomic mass is 32.2. The van der Waals surface area contributed by atoms with Gasteiger partial charge in [-0.15, -0.1) is 11.3 Å². The second kappa shape index (κ2) is 9.07. The Balaban J connectivity index is 1.40. The van der Waals surface area contributed by atoms with Crippen LogP contribution in [0.2, 0.25) is 0 Å². The van der Waals surface area contributed by atoms with E-state index < -0.39 is 17.6 Å². The number of hydrogen-bond acceptors (Lipinski definition) is 7. The minimum absolute atomic E-state index is 0.00224.